The molecule has 2 rings (SSSR count). The molecule has 0 aliphatic heterocycles. The predicted octanol–water partition coefficient (Wildman–Crippen LogP) is 3.67. The fourth-order valence-electron chi connectivity index (χ4n) is 1.61. The molecule has 1 N–H and O–H groups in total. The molecule has 5 heteroatoms. The van der Waals surface area contributed by atoms with Crippen LogP contribution in [0, 0.1) is 6.92 Å². The van der Waals surface area contributed by atoms with Crippen molar-refractivity contribution in [2.45, 2.75) is 6.92 Å². The molecule has 0 atom stereocenters. The highest BCUT2D eigenvalue weighted by molar-refractivity contribution is 9.10. The molecule has 0 aliphatic carbocycles. The summed E-state index contributed by atoms with van der Waals surface area (Å²) in [7, 11) is 0. The summed E-state index contributed by atoms with van der Waals surface area (Å²) in [5.41, 5.74) is 1.33. The molecule has 0 aromatic heterocycles. The van der Waals surface area contributed by atoms with Crippen molar-refractivity contribution in [1.29, 1.82) is 0 Å². The summed E-state index contributed by atoms with van der Waals surface area (Å²) in [6, 6.07) is 11.3. The lowest BCUT2D eigenvalue weighted by molar-refractivity contribution is 0.0681. The molecule has 2 aromatic carbocycles. The second-order valence-electron chi connectivity index (χ2n) is 4.20. The smallest absolute Gasteiger partial charge is 0.343 e. The second kappa shape index (κ2) is 5.88. The van der Waals surface area contributed by atoms with E-state index in [9.17, 15) is 9.59 Å². The van der Waals surface area contributed by atoms with Crippen molar-refractivity contribution >= 4 is 27.9 Å². The van der Waals surface area contributed by atoms with Crippen molar-refractivity contribution in [3.8, 4) is 5.75 Å². The van der Waals surface area contributed by atoms with Crippen LogP contribution >= 0.6 is 15.9 Å². The summed E-state index contributed by atoms with van der Waals surface area (Å²) in [4.78, 5) is 23.1. The van der Waals surface area contributed by atoms with Gasteiger partial charge in [-0.15, -0.1) is 0 Å². The highest BCUT2D eigenvalue weighted by Crippen LogP contribution is 2.24. The first kappa shape index (κ1) is 14.3. The zero-order valence-electron chi connectivity index (χ0n) is 10.6. The van der Waals surface area contributed by atoms with Crippen molar-refractivity contribution in [3.05, 3.63) is 63.6 Å². The maximum absolute atomic E-state index is 12.0. The third-order valence-electron chi connectivity index (χ3n) is 2.66. The highest BCUT2D eigenvalue weighted by Gasteiger charge is 2.16. The number of aromatic carboxylic acids is 1. The van der Waals surface area contributed by atoms with Crippen LogP contribution in [0.1, 0.15) is 26.3 Å². The molecule has 0 radical (unpaired) electrons. The van der Waals surface area contributed by atoms with Gasteiger partial charge in [-0.3, -0.25) is 0 Å². The van der Waals surface area contributed by atoms with E-state index in [0.717, 1.165) is 5.56 Å². The topological polar surface area (TPSA) is 63.6 Å². The number of esters is 1. The Balaban J connectivity index is 2.28. The summed E-state index contributed by atoms with van der Waals surface area (Å²) >= 11 is 3.18. The summed E-state index contributed by atoms with van der Waals surface area (Å²) < 4.78 is 5.75. The van der Waals surface area contributed by atoms with E-state index in [2.05, 4.69) is 15.9 Å². The second-order valence-corrected chi connectivity index (χ2v) is 5.12. The van der Waals surface area contributed by atoms with Gasteiger partial charge in [0.05, 0.1) is 5.56 Å². The molecule has 4 nitrogen and oxygen atoms in total. The van der Waals surface area contributed by atoms with Gasteiger partial charge in [-0.05, 0) is 37.3 Å². The van der Waals surface area contributed by atoms with E-state index in [4.69, 9.17) is 9.84 Å². The monoisotopic (exact) mass is 334 g/mol. The zero-order valence-corrected chi connectivity index (χ0v) is 12.2. The van der Waals surface area contributed by atoms with Gasteiger partial charge in [0.1, 0.15) is 11.3 Å². The van der Waals surface area contributed by atoms with E-state index in [1.807, 2.05) is 6.92 Å². The standard InChI is InChI=1S/C15H11BrO4/c1-9-2-4-10(5-3-9)15(19)20-13-7-6-11(16)8-12(13)14(17)18/h2-8H,1H3,(H,17,18). The lowest BCUT2D eigenvalue weighted by Crippen LogP contribution is -2.11. The number of hydrogen-bond acceptors (Lipinski definition) is 3. The Morgan fingerprint density at radius 1 is 1.10 bits per heavy atom. The van der Waals surface area contributed by atoms with Crippen molar-refractivity contribution in [2.75, 3.05) is 0 Å². The Hall–Kier alpha value is -2.14. The van der Waals surface area contributed by atoms with Gasteiger partial charge in [0.2, 0.25) is 0 Å². The normalized spacial score (nSPS) is 10.1. The summed E-state index contributed by atoms with van der Waals surface area (Å²) in [6.07, 6.45) is 0. The van der Waals surface area contributed by atoms with E-state index in [0.29, 0.717) is 10.0 Å². The van der Waals surface area contributed by atoms with Crippen molar-refractivity contribution in [1.82, 2.24) is 0 Å². The minimum atomic E-state index is -1.15. The Kier molecular flexibility index (Phi) is 4.20. The summed E-state index contributed by atoms with van der Waals surface area (Å²) in [5, 5.41) is 9.10. The van der Waals surface area contributed by atoms with Gasteiger partial charge in [0.15, 0.2) is 0 Å². The van der Waals surface area contributed by atoms with Crippen LogP contribution in [0.15, 0.2) is 46.9 Å². The Bertz CT molecular complexity index is 662. The van der Waals surface area contributed by atoms with Crippen LogP contribution in [0.3, 0.4) is 0 Å². The molecule has 0 aliphatic rings. The first-order valence-corrected chi connectivity index (χ1v) is 6.58. The third-order valence-corrected chi connectivity index (χ3v) is 3.16. The van der Waals surface area contributed by atoms with Crippen LogP contribution in [0.25, 0.3) is 0 Å². The van der Waals surface area contributed by atoms with E-state index >= 15 is 0 Å². The van der Waals surface area contributed by atoms with Crippen LogP contribution in [0.4, 0.5) is 0 Å². The predicted molar refractivity (Wildman–Crippen MR) is 77.2 cm³/mol. The molecule has 2 aromatic rings. The van der Waals surface area contributed by atoms with Crippen LogP contribution in [0.5, 0.6) is 5.75 Å². The van der Waals surface area contributed by atoms with Gasteiger partial charge in [-0.25, -0.2) is 9.59 Å². The van der Waals surface area contributed by atoms with E-state index < -0.39 is 11.9 Å². The van der Waals surface area contributed by atoms with E-state index in [-0.39, 0.29) is 11.3 Å². The van der Waals surface area contributed by atoms with Gasteiger partial charge < -0.3 is 9.84 Å². The minimum absolute atomic E-state index is 0.0197. The van der Waals surface area contributed by atoms with Gasteiger partial charge in [-0.2, -0.15) is 0 Å². The Labute approximate surface area is 124 Å². The highest BCUT2D eigenvalue weighted by atomic mass is 79.9. The van der Waals surface area contributed by atoms with Gasteiger partial charge in [0, 0.05) is 4.47 Å². The zero-order chi connectivity index (χ0) is 14.7. The fourth-order valence-corrected chi connectivity index (χ4v) is 1.97. The number of hydrogen-bond donors (Lipinski definition) is 1. The first-order chi connectivity index (χ1) is 9.47. The molecule has 20 heavy (non-hydrogen) atoms. The number of carbonyl (C=O) groups excluding carboxylic acids is 1. The maximum atomic E-state index is 12.0. The first-order valence-electron chi connectivity index (χ1n) is 5.79. The van der Waals surface area contributed by atoms with Crippen molar-refractivity contribution < 1.29 is 19.4 Å². The number of ether oxygens (including phenoxy) is 1. The van der Waals surface area contributed by atoms with Crippen LogP contribution in [-0.4, -0.2) is 17.0 Å². The molecule has 0 unspecified atom stereocenters. The molecule has 0 amide bonds. The van der Waals surface area contributed by atoms with Crippen LogP contribution in [0.2, 0.25) is 0 Å². The number of carboxylic acid groups (broad SMARTS) is 1. The van der Waals surface area contributed by atoms with Gasteiger partial charge in [-0.1, -0.05) is 33.6 Å². The summed E-state index contributed by atoms with van der Waals surface area (Å²) in [6.45, 7) is 1.91. The van der Waals surface area contributed by atoms with Gasteiger partial charge >= 0.3 is 11.9 Å². The number of carboxylic acids is 1. The van der Waals surface area contributed by atoms with Gasteiger partial charge in [0.25, 0.3) is 0 Å². The average Bonchev–Trinajstić information content (AvgIpc) is 2.41. The maximum Gasteiger partial charge on any atom is 0.343 e. The van der Waals surface area contributed by atoms with Crippen LogP contribution < -0.4 is 4.74 Å². The average molecular weight is 335 g/mol. The molecule has 0 heterocycles. The summed E-state index contributed by atoms with van der Waals surface area (Å²) in [5.74, 6) is -1.72. The number of rotatable bonds is 3. The van der Waals surface area contributed by atoms with Crippen molar-refractivity contribution in [3.63, 3.8) is 0 Å². The fraction of sp³-hybridized carbons (Fsp3) is 0.0667. The third kappa shape index (κ3) is 3.24. The molecular formula is C15H11BrO4. The molecule has 102 valence electrons. The molecule has 0 saturated heterocycles. The Morgan fingerprint density at radius 3 is 2.35 bits per heavy atom. The number of benzene rings is 2. The molecule has 0 bridgehead atoms. The largest absolute Gasteiger partial charge is 0.478 e. The van der Waals surface area contributed by atoms with E-state index in [1.165, 1.54) is 12.1 Å². The molecule has 0 saturated carbocycles. The number of aryl methyl sites for hydroxylation is 1. The van der Waals surface area contributed by atoms with Crippen LogP contribution in [-0.2, 0) is 0 Å². The quantitative estimate of drug-likeness (QED) is 0.687. The Morgan fingerprint density at radius 2 is 1.75 bits per heavy atom. The lowest BCUT2D eigenvalue weighted by Gasteiger charge is -2.08. The number of halogens is 1. The molecule has 0 spiro atoms. The molecule has 0 fully saturated rings. The SMILES string of the molecule is Cc1ccc(C(=O)Oc2ccc(Br)cc2C(=O)O)cc1. The number of carbonyl (C=O) groups is 2. The lowest BCUT2D eigenvalue weighted by atomic mass is 10.1. The molecular weight excluding hydrogens is 324 g/mol. The van der Waals surface area contributed by atoms with Crippen molar-refractivity contribution in [2.24, 2.45) is 0 Å². The minimum Gasteiger partial charge on any atom is -0.478 e. The van der Waals surface area contributed by atoms with E-state index in [1.54, 1.807) is 30.3 Å².